The molecule has 4 heteroatoms. The molecule has 0 amide bonds. The van der Waals surface area contributed by atoms with Crippen molar-refractivity contribution in [2.45, 2.75) is 38.4 Å². The fourth-order valence-electron chi connectivity index (χ4n) is 1.96. The fraction of sp³-hybridized carbons (Fsp3) is 0.667. The van der Waals surface area contributed by atoms with Crippen LogP contribution in [0, 0.1) is 5.92 Å². The smallest absolute Gasteiger partial charge is 0.0865 e. The number of aliphatic hydroxyl groups excluding tert-OH is 1. The molecule has 1 fully saturated rings. The third-order valence-corrected chi connectivity index (χ3v) is 4.51. The van der Waals surface area contributed by atoms with E-state index in [4.69, 9.17) is 4.74 Å². The number of hydrogen-bond donors (Lipinski definition) is 1. The minimum Gasteiger partial charge on any atom is -0.390 e. The highest BCUT2D eigenvalue weighted by molar-refractivity contribution is 9.11. The summed E-state index contributed by atoms with van der Waals surface area (Å²) in [5.74, 6) is 0.582. The van der Waals surface area contributed by atoms with Gasteiger partial charge in [-0.3, -0.25) is 0 Å². The highest BCUT2D eigenvalue weighted by Crippen LogP contribution is 2.37. The number of aliphatic hydroxyl groups is 1. The van der Waals surface area contributed by atoms with Crippen LogP contribution >= 0.6 is 27.3 Å². The van der Waals surface area contributed by atoms with Crippen LogP contribution in [-0.4, -0.2) is 23.9 Å². The van der Waals surface area contributed by atoms with Gasteiger partial charge < -0.3 is 9.84 Å². The van der Waals surface area contributed by atoms with Gasteiger partial charge in [-0.1, -0.05) is 0 Å². The van der Waals surface area contributed by atoms with Crippen molar-refractivity contribution in [3.05, 3.63) is 20.8 Å². The number of halogens is 1. The van der Waals surface area contributed by atoms with Crippen molar-refractivity contribution in [1.82, 2.24) is 0 Å². The molecular formula is C12H17BrO2S. The first-order chi connectivity index (χ1) is 7.70. The molecule has 1 aromatic rings. The molecule has 0 saturated heterocycles. The molecule has 0 bridgehead atoms. The Balaban J connectivity index is 1.91. The Morgan fingerprint density at radius 2 is 2.31 bits per heavy atom. The Morgan fingerprint density at radius 3 is 2.81 bits per heavy atom. The zero-order valence-electron chi connectivity index (χ0n) is 9.36. The molecule has 2 nitrogen and oxygen atoms in total. The second-order valence-electron chi connectivity index (χ2n) is 4.23. The highest BCUT2D eigenvalue weighted by atomic mass is 79.9. The first-order valence-corrected chi connectivity index (χ1v) is 7.35. The van der Waals surface area contributed by atoms with Gasteiger partial charge in [-0.05, 0) is 53.7 Å². The Hall–Kier alpha value is 0.1000. The summed E-state index contributed by atoms with van der Waals surface area (Å²) in [6.07, 6.45) is 2.78. The summed E-state index contributed by atoms with van der Waals surface area (Å²) in [5.41, 5.74) is 0. The Labute approximate surface area is 109 Å². The topological polar surface area (TPSA) is 29.5 Å². The maximum atomic E-state index is 10.2. The maximum Gasteiger partial charge on any atom is 0.0865 e. The lowest BCUT2D eigenvalue weighted by atomic mass is 10.1. The van der Waals surface area contributed by atoms with Gasteiger partial charge in [0.15, 0.2) is 0 Å². The third-order valence-electron chi connectivity index (χ3n) is 2.86. The van der Waals surface area contributed by atoms with Crippen LogP contribution in [0.3, 0.4) is 0 Å². The quantitative estimate of drug-likeness (QED) is 0.874. The Bertz CT molecular complexity index is 336. The van der Waals surface area contributed by atoms with Crippen LogP contribution in [0.4, 0.5) is 0 Å². The number of hydrogen-bond acceptors (Lipinski definition) is 3. The van der Waals surface area contributed by atoms with Gasteiger partial charge >= 0.3 is 0 Å². The third kappa shape index (κ3) is 3.29. The van der Waals surface area contributed by atoms with Crippen LogP contribution in [0.1, 0.15) is 24.6 Å². The van der Waals surface area contributed by atoms with Crippen LogP contribution < -0.4 is 0 Å². The lowest BCUT2D eigenvalue weighted by Crippen LogP contribution is -2.32. The van der Waals surface area contributed by atoms with Crippen LogP contribution in [-0.2, 0) is 11.2 Å². The van der Waals surface area contributed by atoms with Crippen molar-refractivity contribution in [2.75, 3.05) is 6.61 Å². The molecule has 1 aliphatic rings. The van der Waals surface area contributed by atoms with Crippen LogP contribution in [0.25, 0.3) is 0 Å². The molecule has 1 N–H and O–H groups in total. The molecule has 16 heavy (non-hydrogen) atoms. The summed E-state index contributed by atoms with van der Waals surface area (Å²) >= 11 is 5.12. The molecule has 2 unspecified atom stereocenters. The first kappa shape index (κ1) is 12.6. The van der Waals surface area contributed by atoms with E-state index in [0.29, 0.717) is 18.9 Å². The van der Waals surface area contributed by atoms with E-state index in [2.05, 4.69) is 22.0 Å². The number of thiophene rings is 1. The average molecular weight is 305 g/mol. The second-order valence-corrected chi connectivity index (χ2v) is 6.78. The van der Waals surface area contributed by atoms with E-state index >= 15 is 0 Å². The molecule has 2 atom stereocenters. The van der Waals surface area contributed by atoms with E-state index in [1.807, 2.05) is 13.0 Å². The Morgan fingerprint density at radius 1 is 1.56 bits per heavy atom. The first-order valence-electron chi connectivity index (χ1n) is 5.74. The normalized spacial score (nSPS) is 19.7. The molecule has 1 aromatic heterocycles. The minimum absolute atomic E-state index is 0.0332. The second kappa shape index (κ2) is 5.63. The lowest BCUT2D eigenvalue weighted by Gasteiger charge is -2.22. The van der Waals surface area contributed by atoms with Crippen molar-refractivity contribution < 1.29 is 9.84 Å². The predicted molar refractivity (Wildman–Crippen MR) is 69.9 cm³/mol. The van der Waals surface area contributed by atoms with Crippen molar-refractivity contribution in [3.8, 4) is 0 Å². The SMILES string of the molecule is CCOC(C(O)Cc1ccc(Br)s1)C1CC1. The summed E-state index contributed by atoms with van der Waals surface area (Å²) < 4.78 is 6.77. The summed E-state index contributed by atoms with van der Waals surface area (Å²) in [6, 6.07) is 4.09. The summed E-state index contributed by atoms with van der Waals surface area (Å²) in [4.78, 5) is 1.21. The molecule has 0 radical (unpaired) electrons. The maximum absolute atomic E-state index is 10.2. The van der Waals surface area contributed by atoms with Gasteiger partial charge in [0, 0.05) is 17.9 Å². The summed E-state index contributed by atoms with van der Waals surface area (Å²) in [5, 5.41) is 10.2. The zero-order valence-corrected chi connectivity index (χ0v) is 11.8. The molecule has 90 valence electrons. The van der Waals surface area contributed by atoms with E-state index in [-0.39, 0.29) is 12.2 Å². The van der Waals surface area contributed by atoms with E-state index in [0.717, 1.165) is 3.79 Å². The molecule has 1 saturated carbocycles. The Kier molecular flexibility index (Phi) is 4.41. The van der Waals surface area contributed by atoms with Crippen LogP contribution in [0.15, 0.2) is 15.9 Å². The van der Waals surface area contributed by atoms with Gasteiger partial charge in [-0.15, -0.1) is 11.3 Å². The van der Waals surface area contributed by atoms with E-state index in [9.17, 15) is 5.11 Å². The lowest BCUT2D eigenvalue weighted by molar-refractivity contribution is -0.0436. The summed E-state index contributed by atoms with van der Waals surface area (Å²) in [7, 11) is 0. The van der Waals surface area contributed by atoms with E-state index in [1.165, 1.54) is 17.7 Å². The molecular weight excluding hydrogens is 288 g/mol. The van der Waals surface area contributed by atoms with Gasteiger partial charge in [0.25, 0.3) is 0 Å². The average Bonchev–Trinajstić information content (AvgIpc) is 3.00. The van der Waals surface area contributed by atoms with Crippen LogP contribution in [0.2, 0.25) is 0 Å². The largest absolute Gasteiger partial charge is 0.390 e. The van der Waals surface area contributed by atoms with Crippen molar-refractivity contribution in [1.29, 1.82) is 0 Å². The van der Waals surface area contributed by atoms with E-state index < -0.39 is 0 Å². The zero-order chi connectivity index (χ0) is 11.5. The molecule has 0 aromatic carbocycles. The molecule has 1 heterocycles. The highest BCUT2D eigenvalue weighted by Gasteiger charge is 2.36. The van der Waals surface area contributed by atoms with Gasteiger partial charge in [0.2, 0.25) is 0 Å². The molecule has 0 spiro atoms. The molecule has 2 rings (SSSR count). The van der Waals surface area contributed by atoms with Crippen LogP contribution in [0.5, 0.6) is 0 Å². The molecule has 1 aliphatic carbocycles. The fourth-order valence-corrected chi connectivity index (χ4v) is 3.49. The minimum atomic E-state index is -0.363. The number of ether oxygens (including phenoxy) is 1. The van der Waals surface area contributed by atoms with Gasteiger partial charge in [0.05, 0.1) is 16.0 Å². The standard InChI is InChI=1S/C12H17BrO2S/c1-2-15-12(8-3-4-8)10(14)7-9-5-6-11(13)16-9/h5-6,8,10,12,14H,2-4,7H2,1H3. The van der Waals surface area contributed by atoms with Gasteiger partial charge in [-0.2, -0.15) is 0 Å². The summed E-state index contributed by atoms with van der Waals surface area (Å²) in [6.45, 7) is 2.68. The molecule has 0 aliphatic heterocycles. The predicted octanol–water partition coefficient (Wildman–Crippen LogP) is 3.23. The van der Waals surface area contributed by atoms with E-state index in [1.54, 1.807) is 11.3 Å². The van der Waals surface area contributed by atoms with Crippen molar-refractivity contribution in [3.63, 3.8) is 0 Å². The van der Waals surface area contributed by atoms with Crippen molar-refractivity contribution in [2.24, 2.45) is 5.92 Å². The van der Waals surface area contributed by atoms with Gasteiger partial charge in [0.1, 0.15) is 0 Å². The number of rotatable bonds is 6. The van der Waals surface area contributed by atoms with Gasteiger partial charge in [-0.25, -0.2) is 0 Å². The van der Waals surface area contributed by atoms with Crippen molar-refractivity contribution >= 4 is 27.3 Å². The monoisotopic (exact) mass is 304 g/mol.